The van der Waals surface area contributed by atoms with Crippen molar-refractivity contribution in [3.8, 4) is 5.75 Å². The smallest absolute Gasteiger partial charge is 0.264 e. The van der Waals surface area contributed by atoms with E-state index in [2.05, 4.69) is 4.98 Å². The lowest BCUT2D eigenvalue weighted by molar-refractivity contribution is 0.0984. The van der Waals surface area contributed by atoms with Gasteiger partial charge in [-0.25, -0.2) is 13.4 Å². The summed E-state index contributed by atoms with van der Waals surface area (Å²) in [5.74, 6) is 0.426. The predicted molar refractivity (Wildman–Crippen MR) is 159 cm³/mol. The van der Waals surface area contributed by atoms with E-state index >= 15 is 0 Å². The lowest BCUT2D eigenvalue weighted by Gasteiger charge is -2.23. The molecule has 0 aliphatic rings. The first-order chi connectivity index (χ1) is 19.4. The van der Waals surface area contributed by atoms with E-state index in [0.29, 0.717) is 28.7 Å². The molecular weight excluding hydrogens is 544 g/mol. The van der Waals surface area contributed by atoms with Crippen LogP contribution in [0, 0.1) is 0 Å². The maximum atomic E-state index is 13.8. The summed E-state index contributed by atoms with van der Waals surface area (Å²) in [6.07, 6.45) is 1.68. The standard InChI is InChI=1S/C30H28N4O4S2/c1-3-34(24-11-6-5-7-12-24)40(36,37)26-16-13-22(14-17-26)29(35)33(21-23-10-8-9-19-31-23)30-32-27-18-15-25(38-4-2)20-28(27)39-30/h5-20H,3-4,21H2,1-2H3. The number of hydrogen-bond acceptors (Lipinski definition) is 7. The Balaban J connectivity index is 1.47. The fourth-order valence-electron chi connectivity index (χ4n) is 4.28. The van der Waals surface area contributed by atoms with E-state index in [4.69, 9.17) is 9.72 Å². The van der Waals surface area contributed by atoms with Crippen LogP contribution in [-0.4, -0.2) is 37.4 Å². The maximum absolute atomic E-state index is 13.8. The number of anilines is 2. The topological polar surface area (TPSA) is 92.7 Å². The largest absolute Gasteiger partial charge is 0.494 e. The van der Waals surface area contributed by atoms with Crippen molar-refractivity contribution in [2.45, 2.75) is 25.3 Å². The van der Waals surface area contributed by atoms with Crippen LogP contribution in [0.4, 0.5) is 10.8 Å². The maximum Gasteiger partial charge on any atom is 0.264 e. The second-order valence-electron chi connectivity index (χ2n) is 8.80. The van der Waals surface area contributed by atoms with Crippen molar-refractivity contribution in [2.75, 3.05) is 22.4 Å². The molecule has 0 atom stereocenters. The second-order valence-corrected chi connectivity index (χ2v) is 11.7. The quantitative estimate of drug-likeness (QED) is 0.199. The minimum absolute atomic E-state index is 0.106. The van der Waals surface area contributed by atoms with Crippen LogP contribution >= 0.6 is 11.3 Å². The molecule has 0 unspecified atom stereocenters. The fourth-order valence-corrected chi connectivity index (χ4v) is 6.75. The van der Waals surface area contributed by atoms with Crippen molar-refractivity contribution in [1.29, 1.82) is 0 Å². The summed E-state index contributed by atoms with van der Waals surface area (Å²) in [5, 5.41) is 0.511. The van der Waals surface area contributed by atoms with Gasteiger partial charge in [-0.3, -0.25) is 19.0 Å². The molecule has 2 heterocycles. The number of sulfonamides is 1. The summed E-state index contributed by atoms with van der Waals surface area (Å²) < 4.78 is 34.7. The van der Waals surface area contributed by atoms with Crippen LogP contribution in [0.5, 0.6) is 5.75 Å². The Bertz CT molecular complexity index is 1710. The Morgan fingerprint density at radius 3 is 2.35 bits per heavy atom. The number of fused-ring (bicyclic) bond motifs is 1. The average Bonchev–Trinajstić information content (AvgIpc) is 3.40. The van der Waals surface area contributed by atoms with E-state index in [0.717, 1.165) is 16.0 Å². The van der Waals surface area contributed by atoms with E-state index < -0.39 is 10.0 Å². The van der Waals surface area contributed by atoms with Crippen LogP contribution in [0.2, 0.25) is 0 Å². The minimum atomic E-state index is -3.82. The number of amides is 1. The number of pyridine rings is 1. The van der Waals surface area contributed by atoms with Gasteiger partial charge >= 0.3 is 0 Å². The first-order valence-corrected chi connectivity index (χ1v) is 15.1. The molecule has 0 saturated carbocycles. The summed E-state index contributed by atoms with van der Waals surface area (Å²) >= 11 is 1.38. The van der Waals surface area contributed by atoms with Gasteiger partial charge in [0.15, 0.2) is 5.13 Å². The van der Waals surface area contributed by atoms with Gasteiger partial charge in [0.1, 0.15) is 5.75 Å². The number of aromatic nitrogens is 2. The average molecular weight is 573 g/mol. The van der Waals surface area contributed by atoms with Crippen molar-refractivity contribution >= 4 is 48.3 Å². The minimum Gasteiger partial charge on any atom is -0.494 e. The Labute approximate surface area is 237 Å². The van der Waals surface area contributed by atoms with Crippen LogP contribution in [0.25, 0.3) is 10.2 Å². The van der Waals surface area contributed by atoms with Crippen LogP contribution in [0.1, 0.15) is 29.9 Å². The summed E-state index contributed by atoms with van der Waals surface area (Å²) in [4.78, 5) is 24.6. The molecule has 0 aliphatic carbocycles. The van der Waals surface area contributed by atoms with Gasteiger partial charge in [0.2, 0.25) is 0 Å². The molecule has 5 rings (SSSR count). The molecule has 0 spiro atoms. The molecule has 204 valence electrons. The summed E-state index contributed by atoms with van der Waals surface area (Å²) in [6.45, 7) is 4.73. The molecule has 0 N–H and O–H groups in total. The zero-order valence-electron chi connectivity index (χ0n) is 22.1. The van der Waals surface area contributed by atoms with E-state index in [9.17, 15) is 13.2 Å². The highest BCUT2D eigenvalue weighted by atomic mass is 32.2. The van der Waals surface area contributed by atoms with Crippen molar-refractivity contribution < 1.29 is 17.9 Å². The first kappa shape index (κ1) is 27.3. The SMILES string of the molecule is CCOc1ccc2nc(N(Cc3ccccn3)C(=O)c3ccc(S(=O)(=O)N(CC)c4ccccc4)cc3)sc2c1. The molecule has 8 nitrogen and oxygen atoms in total. The number of benzene rings is 3. The van der Waals surface area contributed by atoms with Crippen LogP contribution in [0.15, 0.2) is 102 Å². The molecule has 0 bridgehead atoms. The number of carbonyl (C=O) groups excluding carboxylic acids is 1. The summed E-state index contributed by atoms with van der Waals surface area (Å²) in [6, 6.07) is 26.1. The molecule has 2 aromatic heterocycles. The van der Waals surface area contributed by atoms with Gasteiger partial charge in [0.25, 0.3) is 15.9 Å². The molecule has 3 aromatic carbocycles. The Morgan fingerprint density at radius 2 is 1.68 bits per heavy atom. The predicted octanol–water partition coefficient (Wildman–Crippen LogP) is 6.15. The molecule has 40 heavy (non-hydrogen) atoms. The van der Waals surface area contributed by atoms with E-state index in [-0.39, 0.29) is 23.9 Å². The number of nitrogens with zero attached hydrogens (tertiary/aromatic N) is 4. The van der Waals surface area contributed by atoms with Gasteiger partial charge in [-0.2, -0.15) is 0 Å². The van der Waals surface area contributed by atoms with Gasteiger partial charge in [0, 0.05) is 18.3 Å². The Hall–Kier alpha value is -4.28. The van der Waals surface area contributed by atoms with Crippen LogP contribution in [0.3, 0.4) is 0 Å². The molecule has 0 saturated heterocycles. The van der Waals surface area contributed by atoms with Crippen LogP contribution in [-0.2, 0) is 16.6 Å². The number of ether oxygens (including phenoxy) is 1. The number of hydrogen-bond donors (Lipinski definition) is 0. The number of rotatable bonds is 10. The molecule has 10 heteroatoms. The number of para-hydroxylation sites is 1. The van der Waals surface area contributed by atoms with E-state index in [1.807, 2.05) is 49.4 Å². The molecule has 5 aromatic rings. The molecule has 0 aliphatic heterocycles. The Morgan fingerprint density at radius 1 is 0.925 bits per heavy atom. The van der Waals surface area contributed by atoms with Crippen molar-refractivity contribution in [1.82, 2.24) is 9.97 Å². The second kappa shape index (κ2) is 11.8. The molecule has 1 amide bonds. The summed E-state index contributed by atoms with van der Waals surface area (Å²) in [7, 11) is -3.82. The lowest BCUT2D eigenvalue weighted by atomic mass is 10.2. The highest BCUT2D eigenvalue weighted by Crippen LogP contribution is 2.33. The third kappa shape index (κ3) is 5.68. The first-order valence-electron chi connectivity index (χ1n) is 12.8. The molecular formula is C30H28N4O4S2. The zero-order valence-corrected chi connectivity index (χ0v) is 23.7. The van der Waals surface area contributed by atoms with E-state index in [1.54, 1.807) is 54.4 Å². The van der Waals surface area contributed by atoms with Gasteiger partial charge in [-0.05, 0) is 80.6 Å². The number of carbonyl (C=O) groups is 1. The fraction of sp³-hybridized carbons (Fsp3) is 0.167. The van der Waals surface area contributed by atoms with Crippen LogP contribution < -0.4 is 13.9 Å². The van der Waals surface area contributed by atoms with E-state index in [1.165, 1.54) is 27.8 Å². The van der Waals surface area contributed by atoms with Gasteiger partial charge < -0.3 is 4.74 Å². The van der Waals surface area contributed by atoms with Gasteiger partial charge in [0.05, 0.1) is 39.6 Å². The van der Waals surface area contributed by atoms with Gasteiger partial charge in [-0.15, -0.1) is 0 Å². The highest BCUT2D eigenvalue weighted by Gasteiger charge is 2.26. The molecule has 0 radical (unpaired) electrons. The molecule has 0 fully saturated rings. The highest BCUT2D eigenvalue weighted by molar-refractivity contribution is 7.92. The third-order valence-electron chi connectivity index (χ3n) is 6.20. The Kier molecular flexibility index (Phi) is 8.09. The lowest BCUT2D eigenvalue weighted by Crippen LogP contribution is -2.32. The van der Waals surface area contributed by atoms with Gasteiger partial charge in [-0.1, -0.05) is 35.6 Å². The van der Waals surface area contributed by atoms with Crippen molar-refractivity contribution in [3.63, 3.8) is 0 Å². The van der Waals surface area contributed by atoms with Crippen molar-refractivity contribution in [3.05, 3.63) is 108 Å². The third-order valence-corrected chi connectivity index (χ3v) is 9.16. The summed E-state index contributed by atoms with van der Waals surface area (Å²) in [5.41, 5.74) is 2.37. The normalized spacial score (nSPS) is 11.3. The number of thiazole rings is 1. The van der Waals surface area contributed by atoms with Crippen molar-refractivity contribution in [2.24, 2.45) is 0 Å². The zero-order chi connectivity index (χ0) is 28.1. The monoisotopic (exact) mass is 572 g/mol.